The van der Waals surface area contributed by atoms with E-state index in [9.17, 15) is 0 Å². The molecule has 82 valence electrons. The van der Waals surface area contributed by atoms with Gasteiger partial charge < -0.3 is 4.42 Å². The lowest BCUT2D eigenvalue weighted by molar-refractivity contribution is 0.505. The monoisotopic (exact) mass is 254 g/mol. The van der Waals surface area contributed by atoms with E-state index in [1.807, 2.05) is 30.3 Å². The molecule has 0 aliphatic heterocycles. The van der Waals surface area contributed by atoms with Crippen molar-refractivity contribution in [1.29, 1.82) is 0 Å². The van der Waals surface area contributed by atoms with E-state index in [0.717, 1.165) is 5.56 Å². The van der Waals surface area contributed by atoms with Crippen molar-refractivity contribution in [2.24, 2.45) is 0 Å². The number of aromatic nitrogens is 2. The van der Waals surface area contributed by atoms with Crippen molar-refractivity contribution in [3.63, 3.8) is 0 Å². The first-order valence-electron chi connectivity index (χ1n) is 4.60. The first kappa shape index (κ1) is 11.2. The summed E-state index contributed by atoms with van der Waals surface area (Å²) in [5.41, 5.74) is 0.970. The third-order valence-electron chi connectivity index (χ3n) is 1.86. The summed E-state index contributed by atoms with van der Waals surface area (Å²) in [6.07, 6.45) is 3.56. The maximum absolute atomic E-state index is 5.85. The molecule has 1 heterocycles. The first-order valence-corrected chi connectivity index (χ1v) is 5.51. The molecule has 0 atom stereocenters. The summed E-state index contributed by atoms with van der Waals surface area (Å²) in [5, 5.41) is 8.23. The fraction of sp³-hybridized carbons (Fsp3) is 0.0909. The van der Waals surface area contributed by atoms with Crippen molar-refractivity contribution in [3.8, 4) is 0 Å². The fourth-order valence-electron chi connectivity index (χ4n) is 1.17. The lowest BCUT2D eigenvalue weighted by Gasteiger charge is -1.92. The number of nitrogens with zero attached hydrogens (tertiary/aromatic N) is 2. The Morgan fingerprint density at radius 3 is 2.81 bits per heavy atom. The minimum absolute atomic E-state index is 0.220. The highest BCUT2D eigenvalue weighted by molar-refractivity contribution is 6.30. The normalized spacial score (nSPS) is 11.1. The van der Waals surface area contributed by atoms with Crippen LogP contribution in [0.1, 0.15) is 17.3 Å². The second kappa shape index (κ2) is 5.14. The number of halogens is 2. The zero-order chi connectivity index (χ0) is 11.4. The van der Waals surface area contributed by atoms with Crippen molar-refractivity contribution in [2.75, 3.05) is 0 Å². The van der Waals surface area contributed by atoms with Gasteiger partial charge in [0.05, 0.1) is 0 Å². The van der Waals surface area contributed by atoms with Crippen LogP contribution in [-0.2, 0) is 5.88 Å². The Morgan fingerprint density at radius 1 is 1.25 bits per heavy atom. The van der Waals surface area contributed by atoms with E-state index in [0.29, 0.717) is 16.8 Å². The Balaban J connectivity index is 2.14. The number of alkyl halides is 1. The van der Waals surface area contributed by atoms with Gasteiger partial charge in [0.1, 0.15) is 5.88 Å². The Hall–Kier alpha value is -1.32. The zero-order valence-electron chi connectivity index (χ0n) is 8.23. The van der Waals surface area contributed by atoms with Crippen molar-refractivity contribution in [3.05, 3.63) is 46.6 Å². The Morgan fingerprint density at radius 2 is 2.12 bits per heavy atom. The second-order valence-electron chi connectivity index (χ2n) is 3.06. The SMILES string of the molecule is ClCc1nnc(/C=C/c2cccc(Cl)c2)o1. The molecule has 0 aliphatic rings. The molecule has 0 saturated heterocycles. The van der Waals surface area contributed by atoms with Gasteiger partial charge in [0.15, 0.2) is 0 Å². The Kier molecular flexibility index (Phi) is 3.59. The zero-order valence-corrected chi connectivity index (χ0v) is 9.74. The van der Waals surface area contributed by atoms with E-state index in [4.69, 9.17) is 27.6 Å². The van der Waals surface area contributed by atoms with E-state index >= 15 is 0 Å². The molecule has 0 bridgehead atoms. The number of rotatable bonds is 3. The molecule has 0 radical (unpaired) electrons. The van der Waals surface area contributed by atoms with Crippen LogP contribution in [0.4, 0.5) is 0 Å². The Labute approximate surface area is 103 Å². The molecule has 0 unspecified atom stereocenters. The quantitative estimate of drug-likeness (QED) is 0.786. The summed E-state index contributed by atoms with van der Waals surface area (Å²) in [6.45, 7) is 0. The highest BCUT2D eigenvalue weighted by atomic mass is 35.5. The van der Waals surface area contributed by atoms with Gasteiger partial charge in [-0.3, -0.25) is 0 Å². The van der Waals surface area contributed by atoms with Crippen LogP contribution in [0, 0.1) is 0 Å². The number of hydrogen-bond acceptors (Lipinski definition) is 3. The average Bonchev–Trinajstić information content (AvgIpc) is 2.74. The van der Waals surface area contributed by atoms with Crippen LogP contribution in [0.25, 0.3) is 12.2 Å². The van der Waals surface area contributed by atoms with Crippen LogP contribution >= 0.6 is 23.2 Å². The Bertz CT molecular complexity index is 508. The molecule has 0 saturated carbocycles. The molecule has 3 nitrogen and oxygen atoms in total. The van der Waals surface area contributed by atoms with Crippen LogP contribution in [0.3, 0.4) is 0 Å². The summed E-state index contributed by atoms with van der Waals surface area (Å²) in [4.78, 5) is 0. The van der Waals surface area contributed by atoms with Crippen LogP contribution in [0.15, 0.2) is 28.7 Å². The predicted octanol–water partition coefficient (Wildman–Crippen LogP) is 3.63. The highest BCUT2D eigenvalue weighted by Gasteiger charge is 2.00. The van der Waals surface area contributed by atoms with Gasteiger partial charge in [-0.15, -0.1) is 21.8 Å². The third kappa shape index (κ3) is 2.84. The van der Waals surface area contributed by atoms with Gasteiger partial charge in [-0.05, 0) is 23.8 Å². The van der Waals surface area contributed by atoms with E-state index in [-0.39, 0.29) is 5.88 Å². The van der Waals surface area contributed by atoms with Crippen molar-refractivity contribution < 1.29 is 4.42 Å². The maximum atomic E-state index is 5.85. The van der Waals surface area contributed by atoms with E-state index in [2.05, 4.69) is 10.2 Å². The van der Waals surface area contributed by atoms with Crippen LogP contribution in [0.5, 0.6) is 0 Å². The molecule has 0 fully saturated rings. The van der Waals surface area contributed by atoms with Crippen molar-refractivity contribution >= 4 is 35.4 Å². The summed E-state index contributed by atoms with van der Waals surface area (Å²) < 4.78 is 5.21. The lowest BCUT2D eigenvalue weighted by atomic mass is 10.2. The molecule has 1 aromatic heterocycles. The molecule has 2 aromatic rings. The average molecular weight is 255 g/mol. The van der Waals surface area contributed by atoms with Crippen molar-refractivity contribution in [2.45, 2.75) is 5.88 Å². The summed E-state index contributed by atoms with van der Waals surface area (Å²) >= 11 is 11.4. The van der Waals surface area contributed by atoms with Crippen LogP contribution in [0.2, 0.25) is 5.02 Å². The van der Waals surface area contributed by atoms with E-state index < -0.39 is 0 Å². The standard InChI is InChI=1S/C11H8Cl2N2O/c12-7-11-15-14-10(16-11)5-4-8-2-1-3-9(13)6-8/h1-6H,7H2/b5-4+. The predicted molar refractivity (Wildman–Crippen MR) is 64.2 cm³/mol. The second-order valence-corrected chi connectivity index (χ2v) is 3.76. The highest BCUT2D eigenvalue weighted by Crippen LogP contribution is 2.13. The van der Waals surface area contributed by atoms with Crippen LogP contribution < -0.4 is 0 Å². The van der Waals surface area contributed by atoms with Gasteiger partial charge >= 0.3 is 0 Å². The smallest absolute Gasteiger partial charge is 0.240 e. The molecular weight excluding hydrogens is 247 g/mol. The minimum atomic E-state index is 0.220. The van der Waals surface area contributed by atoms with Gasteiger partial charge in [-0.2, -0.15) is 0 Å². The molecule has 0 spiro atoms. The molecule has 1 aromatic carbocycles. The molecule has 0 N–H and O–H groups in total. The van der Waals surface area contributed by atoms with Gasteiger partial charge in [0, 0.05) is 11.1 Å². The van der Waals surface area contributed by atoms with Crippen LogP contribution in [-0.4, -0.2) is 10.2 Å². The number of benzene rings is 1. The van der Waals surface area contributed by atoms with Gasteiger partial charge in [-0.25, -0.2) is 0 Å². The van der Waals surface area contributed by atoms with Gasteiger partial charge in [0.25, 0.3) is 0 Å². The summed E-state index contributed by atoms with van der Waals surface area (Å²) in [5.74, 6) is 1.06. The summed E-state index contributed by atoms with van der Waals surface area (Å²) in [6, 6.07) is 7.47. The first-order chi connectivity index (χ1) is 7.78. The van der Waals surface area contributed by atoms with Gasteiger partial charge in [-0.1, -0.05) is 23.7 Å². The molecule has 2 rings (SSSR count). The van der Waals surface area contributed by atoms with E-state index in [1.165, 1.54) is 0 Å². The third-order valence-corrected chi connectivity index (χ3v) is 2.33. The lowest BCUT2D eigenvalue weighted by Crippen LogP contribution is -1.74. The molecule has 0 amide bonds. The molecule has 0 aliphatic carbocycles. The topological polar surface area (TPSA) is 38.9 Å². The van der Waals surface area contributed by atoms with Crippen molar-refractivity contribution in [1.82, 2.24) is 10.2 Å². The van der Waals surface area contributed by atoms with E-state index in [1.54, 1.807) is 6.08 Å². The molecule has 16 heavy (non-hydrogen) atoms. The fourth-order valence-corrected chi connectivity index (χ4v) is 1.47. The molecule has 5 heteroatoms. The maximum Gasteiger partial charge on any atom is 0.240 e. The number of hydrogen-bond donors (Lipinski definition) is 0. The largest absolute Gasteiger partial charge is 0.420 e. The summed E-state index contributed by atoms with van der Waals surface area (Å²) in [7, 11) is 0. The minimum Gasteiger partial charge on any atom is -0.420 e. The molecular formula is C11H8Cl2N2O. The van der Waals surface area contributed by atoms with Gasteiger partial charge in [0.2, 0.25) is 11.8 Å².